The largest absolute Gasteiger partial charge is 0.493 e. The average molecular weight is 409 g/mol. The maximum atomic E-state index is 12.4. The van der Waals surface area contributed by atoms with Gasteiger partial charge in [0.05, 0.1) is 19.3 Å². The maximum absolute atomic E-state index is 12.4. The Bertz CT molecular complexity index is 973. The Morgan fingerprint density at radius 1 is 1.13 bits per heavy atom. The third kappa shape index (κ3) is 5.50. The molecule has 8 heteroatoms. The number of H-pyrrole nitrogens is 1. The Labute approximate surface area is 176 Å². The summed E-state index contributed by atoms with van der Waals surface area (Å²) in [5, 5.41) is 12.5. The van der Waals surface area contributed by atoms with Crippen LogP contribution in [0, 0.1) is 0 Å². The topological polar surface area (TPSA) is 101 Å². The molecule has 0 bridgehead atoms. The van der Waals surface area contributed by atoms with E-state index in [1.165, 1.54) is 6.33 Å². The highest BCUT2D eigenvalue weighted by atomic mass is 16.5. The fourth-order valence-corrected chi connectivity index (χ4v) is 2.99. The van der Waals surface area contributed by atoms with Crippen LogP contribution in [0.15, 0.2) is 48.8 Å². The van der Waals surface area contributed by atoms with Gasteiger partial charge >= 0.3 is 6.03 Å². The lowest BCUT2D eigenvalue weighted by Crippen LogP contribution is -2.36. The standard InChI is InChI=1S/C22H27N5O3/c1-14(2)30-19-9-8-17(11-20(19)29-4)15(3)26-22(28)23-12-16-6-5-7-18(10-16)21-24-13-25-27-21/h5-11,13-15H,12H2,1-4H3,(H2,23,26,28)(H,24,25,27). The first kappa shape index (κ1) is 21.2. The summed E-state index contributed by atoms with van der Waals surface area (Å²) in [6.45, 7) is 6.24. The van der Waals surface area contributed by atoms with E-state index in [9.17, 15) is 4.79 Å². The molecule has 3 aromatic rings. The number of carbonyl (C=O) groups excluding carboxylic acids is 1. The van der Waals surface area contributed by atoms with Crippen LogP contribution in [0.5, 0.6) is 11.5 Å². The fraction of sp³-hybridized carbons (Fsp3) is 0.318. The van der Waals surface area contributed by atoms with Gasteiger partial charge in [0.2, 0.25) is 0 Å². The SMILES string of the molecule is COc1cc(C(C)NC(=O)NCc2cccc(-c3ncn[nH]3)c2)ccc1OC(C)C. The number of rotatable bonds is 8. The van der Waals surface area contributed by atoms with Gasteiger partial charge in [-0.3, -0.25) is 5.10 Å². The van der Waals surface area contributed by atoms with E-state index in [1.54, 1.807) is 7.11 Å². The molecule has 158 valence electrons. The minimum Gasteiger partial charge on any atom is -0.493 e. The average Bonchev–Trinajstić information content (AvgIpc) is 3.27. The Hall–Kier alpha value is -3.55. The van der Waals surface area contributed by atoms with Crippen molar-refractivity contribution in [1.82, 2.24) is 25.8 Å². The molecule has 1 unspecified atom stereocenters. The summed E-state index contributed by atoms with van der Waals surface area (Å²) in [6, 6.07) is 13.0. The van der Waals surface area contributed by atoms with Gasteiger partial charge < -0.3 is 20.1 Å². The summed E-state index contributed by atoms with van der Waals surface area (Å²) in [5.74, 6) is 2.01. The predicted molar refractivity (Wildman–Crippen MR) is 114 cm³/mol. The number of urea groups is 1. The first-order chi connectivity index (χ1) is 14.5. The number of hydrogen-bond donors (Lipinski definition) is 3. The van der Waals surface area contributed by atoms with E-state index in [0.29, 0.717) is 23.9 Å². The highest BCUT2D eigenvalue weighted by molar-refractivity contribution is 5.74. The molecule has 1 aromatic heterocycles. The van der Waals surface area contributed by atoms with Gasteiger partial charge in [0.25, 0.3) is 0 Å². The van der Waals surface area contributed by atoms with Crippen molar-refractivity contribution in [2.75, 3.05) is 7.11 Å². The number of carbonyl (C=O) groups is 1. The second kappa shape index (κ2) is 9.78. The van der Waals surface area contributed by atoms with Gasteiger partial charge in [0.1, 0.15) is 6.33 Å². The van der Waals surface area contributed by atoms with Crippen LogP contribution in [0.3, 0.4) is 0 Å². The van der Waals surface area contributed by atoms with Crippen LogP contribution in [0.1, 0.15) is 37.9 Å². The first-order valence-electron chi connectivity index (χ1n) is 9.80. The third-order valence-electron chi connectivity index (χ3n) is 4.47. The molecule has 2 aromatic carbocycles. The lowest BCUT2D eigenvalue weighted by atomic mass is 10.1. The van der Waals surface area contributed by atoms with Crippen LogP contribution < -0.4 is 20.1 Å². The van der Waals surface area contributed by atoms with Crippen molar-refractivity contribution in [3.63, 3.8) is 0 Å². The second-order valence-electron chi connectivity index (χ2n) is 7.16. The molecule has 0 radical (unpaired) electrons. The zero-order chi connectivity index (χ0) is 21.5. The van der Waals surface area contributed by atoms with Gasteiger partial charge in [0.15, 0.2) is 17.3 Å². The molecule has 1 atom stereocenters. The summed E-state index contributed by atoms with van der Waals surface area (Å²) in [6.07, 6.45) is 1.51. The van der Waals surface area contributed by atoms with E-state index in [0.717, 1.165) is 16.7 Å². The van der Waals surface area contributed by atoms with Crippen molar-refractivity contribution in [2.24, 2.45) is 0 Å². The van der Waals surface area contributed by atoms with Gasteiger partial charge in [-0.05, 0) is 50.1 Å². The molecule has 0 aliphatic heterocycles. The van der Waals surface area contributed by atoms with E-state index < -0.39 is 0 Å². The molecule has 3 rings (SSSR count). The molecule has 30 heavy (non-hydrogen) atoms. The summed E-state index contributed by atoms with van der Waals surface area (Å²) >= 11 is 0. The number of benzene rings is 2. The lowest BCUT2D eigenvalue weighted by molar-refractivity contribution is 0.230. The van der Waals surface area contributed by atoms with Crippen molar-refractivity contribution < 1.29 is 14.3 Å². The molecule has 8 nitrogen and oxygen atoms in total. The van der Waals surface area contributed by atoms with Crippen LogP contribution in [-0.2, 0) is 6.54 Å². The number of ether oxygens (including phenoxy) is 2. The van der Waals surface area contributed by atoms with Crippen molar-refractivity contribution in [3.05, 3.63) is 59.9 Å². The molecule has 0 fully saturated rings. The van der Waals surface area contributed by atoms with Gasteiger partial charge in [-0.15, -0.1) is 0 Å². The van der Waals surface area contributed by atoms with E-state index in [1.807, 2.05) is 63.2 Å². The number of nitrogens with one attached hydrogen (secondary N) is 3. The third-order valence-corrected chi connectivity index (χ3v) is 4.47. The van der Waals surface area contributed by atoms with Crippen molar-refractivity contribution >= 4 is 6.03 Å². The fourth-order valence-electron chi connectivity index (χ4n) is 2.99. The van der Waals surface area contributed by atoms with Gasteiger partial charge in [-0.25, -0.2) is 9.78 Å². The summed E-state index contributed by atoms with van der Waals surface area (Å²) in [5.41, 5.74) is 2.80. The quantitative estimate of drug-likeness (QED) is 0.525. The molecular formula is C22H27N5O3. The maximum Gasteiger partial charge on any atom is 0.315 e. The van der Waals surface area contributed by atoms with E-state index in [-0.39, 0.29) is 18.2 Å². The molecule has 1 heterocycles. The Balaban J connectivity index is 1.58. The van der Waals surface area contributed by atoms with Crippen LogP contribution in [0.4, 0.5) is 4.79 Å². The molecule has 0 aliphatic carbocycles. The smallest absolute Gasteiger partial charge is 0.315 e. The number of aromatic amines is 1. The molecule has 2 amide bonds. The van der Waals surface area contributed by atoms with Gasteiger partial charge in [-0.2, -0.15) is 5.10 Å². The van der Waals surface area contributed by atoms with E-state index in [2.05, 4.69) is 25.8 Å². The second-order valence-corrected chi connectivity index (χ2v) is 7.16. The van der Waals surface area contributed by atoms with Gasteiger partial charge in [0, 0.05) is 12.1 Å². The minimum absolute atomic E-state index is 0.0497. The number of hydrogen-bond acceptors (Lipinski definition) is 5. The summed E-state index contributed by atoms with van der Waals surface area (Å²) in [4.78, 5) is 16.5. The highest BCUT2D eigenvalue weighted by Crippen LogP contribution is 2.31. The number of amides is 2. The number of nitrogens with zero attached hydrogens (tertiary/aromatic N) is 2. The monoisotopic (exact) mass is 409 g/mol. The predicted octanol–water partition coefficient (Wildman–Crippen LogP) is 3.83. The highest BCUT2D eigenvalue weighted by Gasteiger charge is 2.14. The zero-order valence-corrected chi connectivity index (χ0v) is 17.6. The molecule has 0 saturated carbocycles. The summed E-state index contributed by atoms with van der Waals surface area (Å²) in [7, 11) is 1.60. The molecule has 3 N–H and O–H groups in total. The van der Waals surface area contributed by atoms with Crippen LogP contribution >= 0.6 is 0 Å². The number of methoxy groups -OCH3 is 1. The lowest BCUT2D eigenvalue weighted by Gasteiger charge is -2.18. The molecule has 0 saturated heterocycles. The summed E-state index contributed by atoms with van der Waals surface area (Å²) < 4.78 is 11.2. The van der Waals surface area contributed by atoms with Crippen LogP contribution in [0.25, 0.3) is 11.4 Å². The van der Waals surface area contributed by atoms with E-state index in [4.69, 9.17) is 9.47 Å². The number of aromatic nitrogens is 3. The Kier molecular flexibility index (Phi) is 6.90. The zero-order valence-electron chi connectivity index (χ0n) is 17.6. The van der Waals surface area contributed by atoms with Crippen molar-refractivity contribution in [1.29, 1.82) is 0 Å². The van der Waals surface area contributed by atoms with Crippen LogP contribution in [0.2, 0.25) is 0 Å². The first-order valence-corrected chi connectivity index (χ1v) is 9.80. The normalized spacial score (nSPS) is 11.8. The minimum atomic E-state index is -0.256. The molecule has 0 aliphatic rings. The van der Waals surface area contributed by atoms with Gasteiger partial charge in [-0.1, -0.05) is 24.3 Å². The Morgan fingerprint density at radius 2 is 1.97 bits per heavy atom. The molecule has 0 spiro atoms. The van der Waals surface area contributed by atoms with Crippen LogP contribution in [-0.4, -0.2) is 34.4 Å². The van der Waals surface area contributed by atoms with Crippen molar-refractivity contribution in [2.45, 2.75) is 39.5 Å². The van der Waals surface area contributed by atoms with Crippen molar-refractivity contribution in [3.8, 4) is 22.9 Å². The molecular weight excluding hydrogens is 382 g/mol. The Morgan fingerprint density at radius 3 is 2.67 bits per heavy atom. The van der Waals surface area contributed by atoms with E-state index >= 15 is 0 Å².